The van der Waals surface area contributed by atoms with Gasteiger partial charge in [0.05, 0.1) is 11.3 Å². The van der Waals surface area contributed by atoms with Crippen molar-refractivity contribution in [3.63, 3.8) is 0 Å². The first kappa shape index (κ1) is 20.7. The van der Waals surface area contributed by atoms with E-state index in [0.717, 1.165) is 18.9 Å². The molecular formula is C18H27F3N2S. The van der Waals surface area contributed by atoms with E-state index in [1.807, 2.05) is 0 Å². The summed E-state index contributed by atoms with van der Waals surface area (Å²) in [6.07, 6.45) is 5.29. The molecule has 1 aromatic carbocycles. The van der Waals surface area contributed by atoms with Crippen LogP contribution in [0, 0.1) is 0 Å². The van der Waals surface area contributed by atoms with E-state index in [-0.39, 0.29) is 10.8 Å². The van der Waals surface area contributed by atoms with Crippen LogP contribution in [-0.2, 0) is 6.18 Å². The van der Waals surface area contributed by atoms with E-state index in [9.17, 15) is 13.2 Å². The minimum absolute atomic E-state index is 0.0153. The normalized spacial score (nSPS) is 11.3. The second-order valence-corrected chi connectivity index (χ2v) is 6.31. The SMILES string of the molecule is CCCCCCCCCCNC(=S)Nc1ccccc1C(F)(F)F. The Hall–Kier alpha value is -1.30. The summed E-state index contributed by atoms with van der Waals surface area (Å²) in [5.74, 6) is 0. The Bertz CT molecular complexity index is 489. The highest BCUT2D eigenvalue weighted by Crippen LogP contribution is 2.34. The van der Waals surface area contributed by atoms with Crippen molar-refractivity contribution >= 4 is 23.0 Å². The van der Waals surface area contributed by atoms with Gasteiger partial charge in [0.25, 0.3) is 0 Å². The van der Waals surface area contributed by atoms with Crippen LogP contribution in [0.15, 0.2) is 24.3 Å². The minimum atomic E-state index is -4.39. The number of rotatable bonds is 10. The van der Waals surface area contributed by atoms with Crippen molar-refractivity contribution in [3.05, 3.63) is 29.8 Å². The number of para-hydroxylation sites is 1. The standard InChI is InChI=1S/C18H27F3N2S/c1-2-3-4-5-6-7-8-11-14-22-17(24)23-16-13-10-9-12-15(16)18(19,20)21/h9-10,12-13H,2-8,11,14H2,1H3,(H2,22,23,24). The smallest absolute Gasteiger partial charge is 0.362 e. The summed E-state index contributed by atoms with van der Waals surface area (Å²) in [6, 6.07) is 5.35. The van der Waals surface area contributed by atoms with Gasteiger partial charge in [-0.1, -0.05) is 64.0 Å². The number of anilines is 1. The number of nitrogens with one attached hydrogen (secondary N) is 2. The molecule has 0 radical (unpaired) electrons. The fourth-order valence-electron chi connectivity index (χ4n) is 2.47. The molecule has 1 aromatic rings. The van der Waals surface area contributed by atoms with Crippen LogP contribution in [0.2, 0.25) is 0 Å². The first-order valence-electron chi connectivity index (χ1n) is 8.66. The molecule has 2 nitrogen and oxygen atoms in total. The molecule has 0 aliphatic rings. The Balaban J connectivity index is 2.21. The van der Waals surface area contributed by atoms with Crippen LogP contribution in [-0.4, -0.2) is 11.7 Å². The topological polar surface area (TPSA) is 24.1 Å². The van der Waals surface area contributed by atoms with Gasteiger partial charge in [-0.2, -0.15) is 13.2 Å². The molecule has 0 atom stereocenters. The molecule has 0 bridgehead atoms. The lowest BCUT2D eigenvalue weighted by atomic mass is 10.1. The highest BCUT2D eigenvalue weighted by molar-refractivity contribution is 7.80. The lowest BCUT2D eigenvalue weighted by Crippen LogP contribution is -2.30. The third kappa shape index (κ3) is 8.52. The molecule has 0 aliphatic heterocycles. The van der Waals surface area contributed by atoms with Gasteiger partial charge in [0.1, 0.15) is 0 Å². The lowest BCUT2D eigenvalue weighted by molar-refractivity contribution is -0.136. The molecule has 6 heteroatoms. The molecule has 0 aromatic heterocycles. The van der Waals surface area contributed by atoms with E-state index in [1.165, 1.54) is 50.7 Å². The predicted molar refractivity (Wildman–Crippen MR) is 98.3 cm³/mol. The van der Waals surface area contributed by atoms with Gasteiger partial charge < -0.3 is 10.6 Å². The number of hydrogen-bond acceptors (Lipinski definition) is 1. The summed E-state index contributed by atoms with van der Waals surface area (Å²) in [5, 5.41) is 5.85. The first-order valence-corrected chi connectivity index (χ1v) is 9.07. The highest BCUT2D eigenvalue weighted by Gasteiger charge is 2.33. The zero-order valence-electron chi connectivity index (χ0n) is 14.2. The molecule has 0 saturated carbocycles. The van der Waals surface area contributed by atoms with Crippen LogP contribution in [0.25, 0.3) is 0 Å². The van der Waals surface area contributed by atoms with Crippen LogP contribution in [0.1, 0.15) is 63.9 Å². The number of thiocarbonyl (C=S) groups is 1. The molecule has 0 unspecified atom stereocenters. The van der Waals surface area contributed by atoms with Crippen LogP contribution >= 0.6 is 12.2 Å². The second-order valence-electron chi connectivity index (χ2n) is 5.90. The maximum absolute atomic E-state index is 12.9. The Labute approximate surface area is 148 Å². The van der Waals surface area contributed by atoms with Gasteiger partial charge in [0.15, 0.2) is 5.11 Å². The van der Waals surface area contributed by atoms with Crippen molar-refractivity contribution in [2.75, 3.05) is 11.9 Å². The predicted octanol–water partition coefficient (Wildman–Crippen LogP) is 6.13. The molecule has 0 spiro atoms. The van der Waals surface area contributed by atoms with E-state index in [4.69, 9.17) is 12.2 Å². The molecule has 136 valence electrons. The number of alkyl halides is 3. The van der Waals surface area contributed by atoms with Crippen molar-refractivity contribution < 1.29 is 13.2 Å². The zero-order valence-corrected chi connectivity index (χ0v) is 15.0. The van der Waals surface area contributed by atoms with E-state index >= 15 is 0 Å². The Morgan fingerprint density at radius 2 is 1.54 bits per heavy atom. The number of halogens is 3. The van der Waals surface area contributed by atoms with Crippen molar-refractivity contribution in [2.45, 2.75) is 64.5 Å². The van der Waals surface area contributed by atoms with Gasteiger partial charge in [-0.05, 0) is 30.8 Å². The molecule has 24 heavy (non-hydrogen) atoms. The van der Waals surface area contributed by atoms with Crippen molar-refractivity contribution in [2.24, 2.45) is 0 Å². The number of hydrogen-bond donors (Lipinski definition) is 2. The highest BCUT2D eigenvalue weighted by atomic mass is 32.1. The van der Waals surface area contributed by atoms with Gasteiger partial charge in [0.2, 0.25) is 0 Å². The van der Waals surface area contributed by atoms with E-state index in [0.29, 0.717) is 6.54 Å². The monoisotopic (exact) mass is 360 g/mol. The average molecular weight is 360 g/mol. The molecule has 0 fully saturated rings. The van der Waals surface area contributed by atoms with Crippen molar-refractivity contribution in [3.8, 4) is 0 Å². The third-order valence-corrected chi connectivity index (χ3v) is 4.04. The maximum atomic E-state index is 12.9. The maximum Gasteiger partial charge on any atom is 0.418 e. The van der Waals surface area contributed by atoms with E-state index < -0.39 is 11.7 Å². The zero-order chi connectivity index (χ0) is 17.8. The van der Waals surface area contributed by atoms with Gasteiger partial charge in [-0.3, -0.25) is 0 Å². The Kier molecular flexibility index (Phi) is 9.76. The number of unbranched alkanes of at least 4 members (excludes halogenated alkanes) is 7. The van der Waals surface area contributed by atoms with Crippen molar-refractivity contribution in [1.29, 1.82) is 0 Å². The lowest BCUT2D eigenvalue weighted by Gasteiger charge is -2.15. The van der Waals surface area contributed by atoms with E-state index in [1.54, 1.807) is 6.07 Å². The molecule has 0 amide bonds. The Morgan fingerprint density at radius 3 is 2.17 bits per heavy atom. The minimum Gasteiger partial charge on any atom is -0.362 e. The molecule has 0 heterocycles. The summed E-state index contributed by atoms with van der Waals surface area (Å²) < 4.78 is 38.7. The van der Waals surface area contributed by atoms with E-state index in [2.05, 4.69) is 17.6 Å². The summed E-state index contributed by atoms with van der Waals surface area (Å²) in [7, 11) is 0. The molecule has 1 rings (SSSR count). The summed E-state index contributed by atoms with van der Waals surface area (Å²) >= 11 is 5.08. The quantitative estimate of drug-likeness (QED) is 0.387. The summed E-state index contributed by atoms with van der Waals surface area (Å²) in [6.45, 7) is 2.88. The van der Waals surface area contributed by atoms with Gasteiger partial charge in [-0.25, -0.2) is 0 Å². The average Bonchev–Trinajstić information content (AvgIpc) is 2.53. The van der Waals surface area contributed by atoms with Crippen LogP contribution in [0.4, 0.5) is 18.9 Å². The van der Waals surface area contributed by atoms with Crippen LogP contribution < -0.4 is 10.6 Å². The van der Waals surface area contributed by atoms with Crippen LogP contribution in [0.5, 0.6) is 0 Å². The molecule has 2 N–H and O–H groups in total. The van der Waals surface area contributed by atoms with Crippen LogP contribution in [0.3, 0.4) is 0 Å². The van der Waals surface area contributed by atoms with Gasteiger partial charge in [0, 0.05) is 6.54 Å². The third-order valence-electron chi connectivity index (χ3n) is 3.80. The Morgan fingerprint density at radius 1 is 0.958 bits per heavy atom. The first-order chi connectivity index (χ1) is 11.4. The van der Waals surface area contributed by atoms with Gasteiger partial charge in [-0.15, -0.1) is 0 Å². The second kappa shape index (κ2) is 11.3. The van der Waals surface area contributed by atoms with Gasteiger partial charge >= 0.3 is 6.18 Å². The largest absolute Gasteiger partial charge is 0.418 e. The summed E-state index contributed by atoms with van der Waals surface area (Å²) in [5.41, 5.74) is -0.723. The molecular weight excluding hydrogens is 333 g/mol. The fraction of sp³-hybridized carbons (Fsp3) is 0.611. The fourth-order valence-corrected chi connectivity index (χ4v) is 2.68. The molecule has 0 saturated heterocycles. The number of benzene rings is 1. The summed E-state index contributed by atoms with van der Waals surface area (Å²) in [4.78, 5) is 0. The van der Waals surface area contributed by atoms with Crippen molar-refractivity contribution in [1.82, 2.24) is 5.32 Å². The molecule has 0 aliphatic carbocycles.